The van der Waals surface area contributed by atoms with E-state index in [1.165, 1.54) is 7.11 Å². The standard InChI is InChI=1S/C17H17NO2/c1-3-14-8-4-5-9-15(14)10-6-12-18-13-7-11-16(18)17(19)20-2/h1,4-5,8-9,16H,7,11-13H2,2H3/t16-/m0/s1. The molecule has 0 amide bonds. The maximum Gasteiger partial charge on any atom is 0.323 e. The first-order chi connectivity index (χ1) is 9.76. The Morgan fingerprint density at radius 3 is 2.90 bits per heavy atom. The molecule has 0 unspecified atom stereocenters. The molecule has 1 heterocycles. The van der Waals surface area contributed by atoms with Gasteiger partial charge in [-0.1, -0.05) is 29.9 Å². The van der Waals surface area contributed by atoms with Gasteiger partial charge in [-0.15, -0.1) is 6.42 Å². The molecule has 1 aliphatic heterocycles. The molecule has 3 nitrogen and oxygen atoms in total. The summed E-state index contributed by atoms with van der Waals surface area (Å²) in [7, 11) is 1.42. The number of esters is 1. The molecule has 0 aliphatic carbocycles. The van der Waals surface area contributed by atoms with Gasteiger partial charge in [0, 0.05) is 17.7 Å². The Kier molecular flexibility index (Phi) is 4.82. The minimum atomic E-state index is -0.173. The van der Waals surface area contributed by atoms with E-state index in [0.29, 0.717) is 6.54 Å². The SMILES string of the molecule is C#Cc1ccccc1C#CCN1CCC[C@H]1C(=O)OC. The number of carbonyl (C=O) groups is 1. The third-order valence-corrected chi connectivity index (χ3v) is 3.42. The zero-order valence-corrected chi connectivity index (χ0v) is 11.6. The minimum absolute atomic E-state index is 0.155. The Morgan fingerprint density at radius 2 is 2.20 bits per heavy atom. The number of ether oxygens (including phenoxy) is 1. The van der Waals surface area contributed by atoms with Crippen molar-refractivity contribution in [2.75, 3.05) is 20.2 Å². The van der Waals surface area contributed by atoms with Crippen LogP contribution < -0.4 is 0 Å². The summed E-state index contributed by atoms with van der Waals surface area (Å²) < 4.78 is 4.81. The zero-order chi connectivity index (χ0) is 14.4. The molecule has 20 heavy (non-hydrogen) atoms. The second kappa shape index (κ2) is 6.80. The molecule has 102 valence electrons. The lowest BCUT2D eigenvalue weighted by Gasteiger charge is -2.19. The lowest BCUT2D eigenvalue weighted by atomic mass is 10.1. The highest BCUT2D eigenvalue weighted by atomic mass is 16.5. The topological polar surface area (TPSA) is 29.5 Å². The summed E-state index contributed by atoms with van der Waals surface area (Å²) in [5.74, 6) is 8.63. The van der Waals surface area contributed by atoms with Gasteiger partial charge in [-0.2, -0.15) is 0 Å². The zero-order valence-electron chi connectivity index (χ0n) is 11.6. The molecule has 0 bridgehead atoms. The van der Waals surface area contributed by atoms with Gasteiger partial charge in [-0.25, -0.2) is 0 Å². The third kappa shape index (κ3) is 3.20. The molecule has 1 aromatic rings. The van der Waals surface area contributed by atoms with Gasteiger partial charge in [-0.05, 0) is 25.0 Å². The Hall–Kier alpha value is -2.23. The van der Waals surface area contributed by atoms with Crippen molar-refractivity contribution in [3.8, 4) is 24.2 Å². The van der Waals surface area contributed by atoms with Gasteiger partial charge in [0.25, 0.3) is 0 Å². The fraction of sp³-hybridized carbons (Fsp3) is 0.353. The molecule has 0 spiro atoms. The van der Waals surface area contributed by atoms with Crippen LogP contribution in [0.3, 0.4) is 0 Å². The van der Waals surface area contributed by atoms with Crippen molar-refractivity contribution < 1.29 is 9.53 Å². The van der Waals surface area contributed by atoms with E-state index in [1.54, 1.807) is 0 Å². The smallest absolute Gasteiger partial charge is 0.323 e. The van der Waals surface area contributed by atoms with Gasteiger partial charge in [0.1, 0.15) is 6.04 Å². The summed E-state index contributed by atoms with van der Waals surface area (Å²) in [6.07, 6.45) is 7.28. The maximum absolute atomic E-state index is 11.6. The number of carbonyl (C=O) groups excluding carboxylic acids is 1. The van der Waals surface area contributed by atoms with Crippen LogP contribution in [-0.4, -0.2) is 37.1 Å². The van der Waals surface area contributed by atoms with Crippen molar-refractivity contribution in [3.63, 3.8) is 0 Å². The van der Waals surface area contributed by atoms with E-state index < -0.39 is 0 Å². The van der Waals surface area contributed by atoms with Crippen LogP contribution in [0.2, 0.25) is 0 Å². The molecule has 1 aliphatic rings. The first-order valence-corrected chi connectivity index (χ1v) is 6.62. The van der Waals surface area contributed by atoms with Gasteiger partial charge >= 0.3 is 5.97 Å². The summed E-state index contributed by atoms with van der Waals surface area (Å²) in [6.45, 7) is 1.43. The minimum Gasteiger partial charge on any atom is -0.468 e. The predicted octanol–water partition coefficient (Wildman–Crippen LogP) is 1.66. The van der Waals surface area contributed by atoms with Crippen molar-refractivity contribution in [1.82, 2.24) is 4.90 Å². The molecule has 1 atom stereocenters. The van der Waals surface area contributed by atoms with Crippen LogP contribution in [0.1, 0.15) is 24.0 Å². The lowest BCUT2D eigenvalue weighted by molar-refractivity contribution is -0.145. The molecule has 3 heteroatoms. The molecule has 1 fully saturated rings. The average molecular weight is 267 g/mol. The number of terminal acetylenes is 1. The van der Waals surface area contributed by atoms with Crippen LogP contribution in [-0.2, 0) is 9.53 Å². The number of hydrogen-bond acceptors (Lipinski definition) is 3. The Labute approximate surface area is 119 Å². The van der Waals surface area contributed by atoms with Crippen molar-refractivity contribution in [1.29, 1.82) is 0 Å². The number of methoxy groups -OCH3 is 1. The Morgan fingerprint density at radius 1 is 1.45 bits per heavy atom. The molecule has 2 rings (SSSR count). The number of rotatable bonds is 2. The molecule has 1 saturated heterocycles. The number of likely N-dealkylation sites (tertiary alicyclic amines) is 1. The first kappa shape index (κ1) is 14.2. The first-order valence-electron chi connectivity index (χ1n) is 6.62. The van der Waals surface area contributed by atoms with Crippen LogP contribution in [0.4, 0.5) is 0 Å². The van der Waals surface area contributed by atoms with E-state index >= 15 is 0 Å². The van der Waals surface area contributed by atoms with E-state index in [9.17, 15) is 4.79 Å². The highest BCUT2D eigenvalue weighted by Crippen LogP contribution is 2.17. The Bertz CT molecular complexity index is 589. The van der Waals surface area contributed by atoms with E-state index in [-0.39, 0.29) is 12.0 Å². The average Bonchev–Trinajstić information content (AvgIpc) is 2.95. The second-order valence-electron chi connectivity index (χ2n) is 4.64. The van der Waals surface area contributed by atoms with Crippen LogP contribution in [0, 0.1) is 24.2 Å². The highest BCUT2D eigenvalue weighted by Gasteiger charge is 2.30. The van der Waals surface area contributed by atoms with Crippen molar-refractivity contribution in [2.24, 2.45) is 0 Å². The predicted molar refractivity (Wildman–Crippen MR) is 77.9 cm³/mol. The van der Waals surface area contributed by atoms with Gasteiger partial charge < -0.3 is 4.74 Å². The molecule has 0 N–H and O–H groups in total. The molecule has 1 aromatic carbocycles. The van der Waals surface area contributed by atoms with Gasteiger partial charge in [0.05, 0.1) is 13.7 Å². The quantitative estimate of drug-likeness (QED) is 0.603. The van der Waals surface area contributed by atoms with E-state index in [2.05, 4.69) is 22.7 Å². The van der Waals surface area contributed by atoms with E-state index in [1.807, 2.05) is 24.3 Å². The third-order valence-electron chi connectivity index (χ3n) is 3.42. The summed E-state index contributed by atoms with van der Waals surface area (Å²) in [6, 6.07) is 7.44. The molecule has 0 radical (unpaired) electrons. The number of nitrogens with zero attached hydrogens (tertiary/aromatic N) is 1. The van der Waals surface area contributed by atoms with Crippen LogP contribution in [0.5, 0.6) is 0 Å². The fourth-order valence-electron chi connectivity index (χ4n) is 2.37. The molecule has 0 saturated carbocycles. The second-order valence-corrected chi connectivity index (χ2v) is 4.64. The lowest BCUT2D eigenvalue weighted by Crippen LogP contribution is -2.37. The molecule has 0 aromatic heterocycles. The van der Waals surface area contributed by atoms with Crippen molar-refractivity contribution >= 4 is 5.97 Å². The summed E-state index contributed by atoms with van der Waals surface area (Å²) in [5.41, 5.74) is 1.65. The van der Waals surface area contributed by atoms with Gasteiger partial charge in [-0.3, -0.25) is 9.69 Å². The Balaban J connectivity index is 2.04. The summed E-state index contributed by atoms with van der Waals surface area (Å²) >= 11 is 0. The van der Waals surface area contributed by atoms with Crippen LogP contribution >= 0.6 is 0 Å². The number of hydrogen-bond donors (Lipinski definition) is 0. The van der Waals surface area contributed by atoms with Gasteiger partial charge in [0.15, 0.2) is 0 Å². The summed E-state index contributed by atoms with van der Waals surface area (Å²) in [4.78, 5) is 13.7. The van der Waals surface area contributed by atoms with Gasteiger partial charge in [0.2, 0.25) is 0 Å². The van der Waals surface area contributed by atoms with Crippen LogP contribution in [0.15, 0.2) is 24.3 Å². The van der Waals surface area contributed by atoms with Crippen LogP contribution in [0.25, 0.3) is 0 Å². The fourth-order valence-corrected chi connectivity index (χ4v) is 2.37. The highest BCUT2D eigenvalue weighted by molar-refractivity contribution is 5.76. The monoisotopic (exact) mass is 267 g/mol. The largest absolute Gasteiger partial charge is 0.468 e. The van der Waals surface area contributed by atoms with Crippen molar-refractivity contribution in [2.45, 2.75) is 18.9 Å². The summed E-state index contributed by atoms with van der Waals surface area (Å²) in [5, 5.41) is 0. The van der Waals surface area contributed by atoms with E-state index in [4.69, 9.17) is 11.2 Å². The van der Waals surface area contributed by atoms with Crippen molar-refractivity contribution in [3.05, 3.63) is 35.4 Å². The maximum atomic E-state index is 11.6. The number of benzene rings is 1. The molecular weight excluding hydrogens is 250 g/mol. The van der Waals surface area contributed by atoms with E-state index in [0.717, 1.165) is 30.5 Å². The normalized spacial score (nSPS) is 17.9. The molecular formula is C17H17NO2.